The largest absolute Gasteiger partial charge is 0.326 e. The Morgan fingerprint density at radius 1 is 1.32 bits per heavy atom. The molecule has 0 unspecified atom stereocenters. The lowest BCUT2D eigenvalue weighted by Gasteiger charge is -2.24. The normalized spacial score (nSPS) is 20.8. The molecule has 25 heavy (non-hydrogen) atoms. The fourth-order valence-electron chi connectivity index (χ4n) is 3.11. The molecular weight excluding hydrogens is 340 g/mol. The summed E-state index contributed by atoms with van der Waals surface area (Å²) in [7, 11) is -3.71. The Hall–Kier alpha value is -2.11. The first-order chi connectivity index (χ1) is 11.9. The van der Waals surface area contributed by atoms with Gasteiger partial charge in [-0.15, -0.1) is 0 Å². The molecule has 1 saturated heterocycles. The summed E-state index contributed by atoms with van der Waals surface area (Å²) in [6, 6.07) is 4.64. The van der Waals surface area contributed by atoms with E-state index in [-0.39, 0.29) is 22.8 Å². The first-order valence-electron chi connectivity index (χ1n) is 8.47. The summed E-state index contributed by atoms with van der Waals surface area (Å²) < 4.78 is 28.1. The molecule has 1 aliphatic heterocycles. The minimum absolute atomic E-state index is 0.0370. The number of likely N-dealkylation sites (tertiary alicyclic amines) is 1. The Bertz CT molecular complexity index is 812. The molecule has 2 aliphatic rings. The van der Waals surface area contributed by atoms with Crippen LogP contribution in [0.15, 0.2) is 23.1 Å². The average molecular weight is 362 g/mol. The Balaban J connectivity index is 1.74. The van der Waals surface area contributed by atoms with Crippen molar-refractivity contribution in [1.82, 2.24) is 9.62 Å². The molecule has 7 nitrogen and oxygen atoms in total. The Labute approximate surface area is 148 Å². The van der Waals surface area contributed by atoms with Crippen molar-refractivity contribution in [3.63, 3.8) is 0 Å². The molecule has 2 fully saturated rings. The highest BCUT2D eigenvalue weighted by Crippen LogP contribution is 2.28. The Morgan fingerprint density at radius 3 is 2.68 bits per heavy atom. The summed E-state index contributed by atoms with van der Waals surface area (Å²) in [5.41, 5.74) is 1.11. The molecular formula is C17H22N4O3S. The van der Waals surface area contributed by atoms with Crippen LogP contribution in [0.4, 0.5) is 5.69 Å². The van der Waals surface area contributed by atoms with Gasteiger partial charge in [-0.25, -0.2) is 13.1 Å². The van der Waals surface area contributed by atoms with Gasteiger partial charge >= 0.3 is 0 Å². The van der Waals surface area contributed by atoms with Crippen LogP contribution in [0, 0.1) is 24.3 Å². The van der Waals surface area contributed by atoms with Gasteiger partial charge in [-0.05, 0) is 43.9 Å². The monoisotopic (exact) mass is 362 g/mol. The van der Waals surface area contributed by atoms with Crippen molar-refractivity contribution in [2.24, 2.45) is 5.92 Å². The van der Waals surface area contributed by atoms with E-state index in [1.54, 1.807) is 19.1 Å². The molecule has 1 aromatic carbocycles. The number of nitrogens with one attached hydrogen (secondary N) is 2. The fraction of sp³-hybridized carbons (Fsp3) is 0.529. The molecule has 1 atom stereocenters. The molecule has 1 heterocycles. The number of nitriles is 1. The summed E-state index contributed by atoms with van der Waals surface area (Å²) in [5.74, 6) is -0.0122. The molecule has 0 bridgehead atoms. The summed E-state index contributed by atoms with van der Waals surface area (Å²) in [6.45, 7) is 2.66. The van der Waals surface area contributed by atoms with Crippen LogP contribution >= 0.6 is 0 Å². The van der Waals surface area contributed by atoms with Gasteiger partial charge in [0.1, 0.15) is 0 Å². The molecule has 3 rings (SSSR count). The van der Waals surface area contributed by atoms with Gasteiger partial charge in [0.2, 0.25) is 15.9 Å². The molecule has 2 N–H and O–H groups in total. The highest BCUT2D eigenvalue weighted by molar-refractivity contribution is 7.89. The molecule has 1 saturated carbocycles. The number of hydrogen-bond donors (Lipinski definition) is 2. The first-order valence-corrected chi connectivity index (χ1v) is 9.96. The second kappa shape index (κ2) is 7.02. The number of sulfonamides is 1. The van der Waals surface area contributed by atoms with E-state index < -0.39 is 10.0 Å². The highest BCUT2D eigenvalue weighted by atomic mass is 32.2. The summed E-state index contributed by atoms with van der Waals surface area (Å²) in [6.07, 6.45) is 5.48. The fourth-order valence-corrected chi connectivity index (χ4v) is 4.64. The van der Waals surface area contributed by atoms with Crippen molar-refractivity contribution in [2.75, 3.05) is 18.4 Å². The number of benzene rings is 1. The molecule has 8 heteroatoms. The molecule has 1 amide bonds. The van der Waals surface area contributed by atoms with Gasteiger partial charge in [-0.2, -0.15) is 5.26 Å². The molecule has 0 spiro atoms. The van der Waals surface area contributed by atoms with Crippen molar-refractivity contribution >= 4 is 21.6 Å². The lowest BCUT2D eigenvalue weighted by molar-refractivity contribution is -0.122. The van der Waals surface area contributed by atoms with E-state index in [1.165, 1.54) is 11.0 Å². The second-order valence-corrected chi connectivity index (χ2v) is 8.43. The molecule has 1 aromatic rings. The van der Waals surface area contributed by atoms with E-state index in [2.05, 4.69) is 10.0 Å². The zero-order chi connectivity index (χ0) is 18.0. The van der Waals surface area contributed by atoms with E-state index in [0.717, 1.165) is 19.3 Å². The van der Waals surface area contributed by atoms with Crippen LogP contribution in [-0.4, -0.2) is 38.4 Å². The minimum Gasteiger partial charge on any atom is -0.326 e. The zero-order valence-corrected chi connectivity index (χ0v) is 15.0. The van der Waals surface area contributed by atoms with Crippen molar-refractivity contribution in [3.8, 4) is 6.19 Å². The van der Waals surface area contributed by atoms with Crippen molar-refractivity contribution in [1.29, 1.82) is 5.26 Å². The average Bonchev–Trinajstić information content (AvgIpc) is 2.94. The third-order valence-electron chi connectivity index (χ3n) is 4.87. The van der Waals surface area contributed by atoms with Crippen LogP contribution in [-0.2, 0) is 14.8 Å². The molecule has 0 radical (unpaired) electrons. The molecule has 0 aromatic heterocycles. The van der Waals surface area contributed by atoms with Crippen molar-refractivity contribution in [2.45, 2.75) is 43.5 Å². The molecule has 1 aliphatic carbocycles. The van der Waals surface area contributed by atoms with Crippen LogP contribution in [0.25, 0.3) is 0 Å². The first kappa shape index (κ1) is 17.7. The highest BCUT2D eigenvalue weighted by Gasteiger charge is 2.29. The van der Waals surface area contributed by atoms with Crippen LogP contribution < -0.4 is 10.0 Å². The maximum absolute atomic E-state index is 12.7. The maximum Gasteiger partial charge on any atom is 0.241 e. The van der Waals surface area contributed by atoms with Gasteiger partial charge in [0.15, 0.2) is 6.19 Å². The smallest absolute Gasteiger partial charge is 0.241 e. The zero-order valence-electron chi connectivity index (χ0n) is 14.2. The summed E-state index contributed by atoms with van der Waals surface area (Å²) >= 11 is 0. The number of hydrogen-bond acceptors (Lipinski definition) is 5. The number of nitrogens with zero attached hydrogens (tertiary/aromatic N) is 2. The van der Waals surface area contributed by atoms with Gasteiger partial charge in [-0.1, -0.05) is 12.5 Å². The number of amides is 1. The van der Waals surface area contributed by atoms with Crippen molar-refractivity contribution in [3.05, 3.63) is 23.8 Å². The predicted molar refractivity (Wildman–Crippen MR) is 93.1 cm³/mol. The summed E-state index contributed by atoms with van der Waals surface area (Å²) in [5, 5.41) is 11.7. The van der Waals surface area contributed by atoms with Crippen LogP contribution in [0.1, 0.15) is 31.2 Å². The predicted octanol–water partition coefficient (Wildman–Crippen LogP) is 1.57. The third-order valence-corrected chi connectivity index (χ3v) is 6.54. The number of carbonyl (C=O) groups excluding carboxylic acids is 1. The van der Waals surface area contributed by atoms with E-state index in [0.29, 0.717) is 30.8 Å². The van der Waals surface area contributed by atoms with E-state index in [9.17, 15) is 13.2 Å². The van der Waals surface area contributed by atoms with Gasteiger partial charge < -0.3 is 10.2 Å². The lowest BCUT2D eigenvalue weighted by atomic mass is 9.85. The number of carbonyl (C=O) groups is 1. The van der Waals surface area contributed by atoms with Crippen LogP contribution in [0.2, 0.25) is 0 Å². The number of aryl methyl sites for hydroxylation is 1. The van der Waals surface area contributed by atoms with E-state index in [1.807, 2.05) is 6.19 Å². The SMILES string of the molecule is Cc1ccc(NC(=O)C2CCC2)cc1S(=O)(=O)N[C@@H]1CCN(C#N)C1. The quantitative estimate of drug-likeness (QED) is 0.774. The number of rotatable bonds is 5. The van der Waals surface area contributed by atoms with E-state index in [4.69, 9.17) is 5.26 Å². The Morgan fingerprint density at radius 2 is 2.08 bits per heavy atom. The summed E-state index contributed by atoms with van der Waals surface area (Å²) in [4.78, 5) is 13.8. The third kappa shape index (κ3) is 3.94. The van der Waals surface area contributed by atoms with Crippen molar-refractivity contribution < 1.29 is 13.2 Å². The molecule has 134 valence electrons. The van der Waals surface area contributed by atoms with Gasteiger partial charge in [-0.3, -0.25) is 4.79 Å². The maximum atomic E-state index is 12.7. The van der Waals surface area contributed by atoms with Gasteiger partial charge in [0, 0.05) is 30.7 Å². The van der Waals surface area contributed by atoms with Crippen LogP contribution in [0.3, 0.4) is 0 Å². The van der Waals surface area contributed by atoms with Crippen LogP contribution in [0.5, 0.6) is 0 Å². The minimum atomic E-state index is -3.71. The van der Waals surface area contributed by atoms with E-state index >= 15 is 0 Å². The lowest BCUT2D eigenvalue weighted by Crippen LogP contribution is -2.36. The standard InChI is InChI=1S/C17H22N4O3S/c1-12-5-6-14(19-17(22)13-3-2-4-13)9-16(12)25(23,24)20-15-7-8-21(10-15)11-18/h5-6,9,13,15,20H,2-4,7-8,10H2,1H3,(H,19,22)/t15-/m1/s1. The van der Waals surface area contributed by atoms with Gasteiger partial charge in [0.25, 0.3) is 0 Å². The number of anilines is 1. The van der Waals surface area contributed by atoms with Gasteiger partial charge in [0.05, 0.1) is 4.90 Å². The second-order valence-electron chi connectivity index (χ2n) is 6.75. The topological polar surface area (TPSA) is 102 Å². The Kier molecular flexibility index (Phi) is 4.97.